The van der Waals surface area contributed by atoms with E-state index in [1.54, 1.807) is 6.07 Å². The summed E-state index contributed by atoms with van der Waals surface area (Å²) in [5.74, 6) is -0.0376. The second kappa shape index (κ2) is 8.12. The van der Waals surface area contributed by atoms with E-state index in [2.05, 4.69) is 12.2 Å². The number of rotatable bonds is 8. The lowest BCUT2D eigenvalue weighted by atomic mass is 9.99. The molecule has 0 aliphatic carbocycles. The van der Waals surface area contributed by atoms with Gasteiger partial charge in [0.1, 0.15) is 11.6 Å². The summed E-state index contributed by atoms with van der Waals surface area (Å²) in [6.45, 7) is 4.97. The van der Waals surface area contributed by atoms with Crippen LogP contribution in [0.15, 0.2) is 18.2 Å². The van der Waals surface area contributed by atoms with Crippen molar-refractivity contribution >= 4 is 0 Å². The summed E-state index contributed by atoms with van der Waals surface area (Å²) in [6, 6.07) is 4.11. The number of aliphatic hydroxyl groups excluding tert-OH is 1. The minimum atomic E-state index is -0.394. The lowest BCUT2D eigenvalue weighted by Gasteiger charge is -2.20. The van der Waals surface area contributed by atoms with Crippen molar-refractivity contribution < 1.29 is 14.6 Å². The first-order valence-corrected chi connectivity index (χ1v) is 6.91. The van der Waals surface area contributed by atoms with Crippen LogP contribution in [-0.4, -0.2) is 23.4 Å². The Morgan fingerprint density at radius 1 is 1.32 bits per heavy atom. The molecule has 1 rings (SSSR count). The van der Waals surface area contributed by atoms with Gasteiger partial charge in [0.25, 0.3) is 0 Å². The number of halogens is 1. The summed E-state index contributed by atoms with van der Waals surface area (Å²) >= 11 is 0. The molecule has 0 bridgehead atoms. The van der Waals surface area contributed by atoms with Gasteiger partial charge in [0.2, 0.25) is 0 Å². The molecule has 0 aromatic heterocycles. The third-order valence-corrected chi connectivity index (χ3v) is 3.40. The first kappa shape index (κ1) is 15.9. The van der Waals surface area contributed by atoms with E-state index in [1.807, 2.05) is 6.92 Å². The zero-order chi connectivity index (χ0) is 14.3. The number of phenols is 1. The van der Waals surface area contributed by atoms with E-state index in [4.69, 9.17) is 5.11 Å². The van der Waals surface area contributed by atoms with Gasteiger partial charge in [-0.1, -0.05) is 19.4 Å². The molecule has 2 unspecified atom stereocenters. The Hall–Kier alpha value is -1.13. The van der Waals surface area contributed by atoms with Gasteiger partial charge in [0, 0.05) is 24.3 Å². The maximum absolute atomic E-state index is 13.7. The second-order valence-electron chi connectivity index (χ2n) is 5.00. The van der Waals surface area contributed by atoms with Crippen LogP contribution in [0, 0.1) is 11.7 Å². The van der Waals surface area contributed by atoms with Crippen molar-refractivity contribution in [1.82, 2.24) is 5.32 Å². The lowest BCUT2D eigenvalue weighted by Crippen LogP contribution is -2.27. The highest BCUT2D eigenvalue weighted by atomic mass is 19.1. The molecule has 1 aromatic carbocycles. The molecule has 0 saturated carbocycles. The Morgan fingerprint density at radius 3 is 2.63 bits per heavy atom. The van der Waals surface area contributed by atoms with Gasteiger partial charge in [-0.2, -0.15) is 0 Å². The van der Waals surface area contributed by atoms with E-state index >= 15 is 0 Å². The van der Waals surface area contributed by atoms with Gasteiger partial charge in [-0.05, 0) is 38.3 Å². The average molecular weight is 269 g/mol. The van der Waals surface area contributed by atoms with E-state index in [-0.39, 0.29) is 18.4 Å². The Balaban J connectivity index is 2.55. The number of hydrogen-bond acceptors (Lipinski definition) is 3. The van der Waals surface area contributed by atoms with E-state index in [0.717, 1.165) is 31.9 Å². The van der Waals surface area contributed by atoms with Crippen LogP contribution in [0.25, 0.3) is 0 Å². The van der Waals surface area contributed by atoms with Crippen molar-refractivity contribution in [2.45, 2.75) is 39.2 Å². The molecule has 108 valence electrons. The van der Waals surface area contributed by atoms with Crippen LogP contribution >= 0.6 is 0 Å². The molecule has 3 N–H and O–H groups in total. The molecule has 0 aliphatic rings. The highest BCUT2D eigenvalue weighted by Gasteiger charge is 2.13. The van der Waals surface area contributed by atoms with Gasteiger partial charge in [0.05, 0.1) is 0 Å². The predicted molar refractivity (Wildman–Crippen MR) is 74.6 cm³/mol. The Morgan fingerprint density at radius 2 is 2.05 bits per heavy atom. The molecule has 0 heterocycles. The van der Waals surface area contributed by atoms with E-state index < -0.39 is 5.82 Å². The summed E-state index contributed by atoms with van der Waals surface area (Å²) < 4.78 is 13.7. The molecule has 19 heavy (non-hydrogen) atoms. The molecule has 0 fully saturated rings. The van der Waals surface area contributed by atoms with Crippen LogP contribution in [0.2, 0.25) is 0 Å². The van der Waals surface area contributed by atoms with Crippen molar-refractivity contribution in [3.8, 4) is 5.75 Å². The van der Waals surface area contributed by atoms with E-state index in [9.17, 15) is 9.50 Å². The maximum atomic E-state index is 13.7. The molecule has 3 nitrogen and oxygen atoms in total. The number of aliphatic hydroxyl groups is 1. The molecule has 4 heteroatoms. The summed E-state index contributed by atoms with van der Waals surface area (Å²) in [5.41, 5.74) is 0.553. The molecule has 0 aliphatic heterocycles. The Labute approximate surface area is 114 Å². The second-order valence-corrected chi connectivity index (χ2v) is 5.00. The monoisotopic (exact) mass is 269 g/mol. The molecule has 2 atom stereocenters. The summed E-state index contributed by atoms with van der Waals surface area (Å²) in [4.78, 5) is 0. The van der Waals surface area contributed by atoms with Crippen LogP contribution in [0.5, 0.6) is 5.75 Å². The SMILES string of the molecule is CCCC(CCO)CNC(C)c1ccc(O)cc1F. The number of hydrogen-bond donors (Lipinski definition) is 3. The quantitative estimate of drug-likeness (QED) is 0.680. The predicted octanol–water partition coefficient (Wildman–Crippen LogP) is 2.98. The van der Waals surface area contributed by atoms with Crippen LogP contribution < -0.4 is 5.32 Å². The Bertz CT molecular complexity index is 378. The highest BCUT2D eigenvalue weighted by Crippen LogP contribution is 2.21. The van der Waals surface area contributed by atoms with Crippen molar-refractivity contribution in [3.05, 3.63) is 29.6 Å². The zero-order valence-corrected chi connectivity index (χ0v) is 11.7. The van der Waals surface area contributed by atoms with Crippen LogP contribution in [-0.2, 0) is 0 Å². The molecule has 0 saturated heterocycles. The van der Waals surface area contributed by atoms with Crippen molar-refractivity contribution in [1.29, 1.82) is 0 Å². The standard InChI is InChI=1S/C15H24FNO2/c1-3-4-12(7-8-18)10-17-11(2)14-6-5-13(19)9-15(14)16/h5-6,9,11-12,17-19H,3-4,7-8,10H2,1-2H3. The largest absolute Gasteiger partial charge is 0.508 e. The van der Waals surface area contributed by atoms with Gasteiger partial charge >= 0.3 is 0 Å². The van der Waals surface area contributed by atoms with Gasteiger partial charge in [0.15, 0.2) is 0 Å². The third kappa shape index (κ3) is 5.17. The number of nitrogens with one attached hydrogen (secondary N) is 1. The molecular formula is C15H24FNO2. The summed E-state index contributed by atoms with van der Waals surface area (Å²) in [7, 11) is 0. The van der Waals surface area contributed by atoms with Crippen LogP contribution in [0.3, 0.4) is 0 Å². The summed E-state index contributed by atoms with van der Waals surface area (Å²) in [5, 5.41) is 21.5. The molecule has 0 radical (unpaired) electrons. The minimum absolute atomic E-state index is 0.0578. The smallest absolute Gasteiger partial charge is 0.131 e. The van der Waals surface area contributed by atoms with Crippen molar-refractivity contribution in [3.63, 3.8) is 0 Å². The molecule has 0 spiro atoms. The third-order valence-electron chi connectivity index (χ3n) is 3.40. The number of aromatic hydroxyl groups is 1. The first-order chi connectivity index (χ1) is 9.08. The maximum Gasteiger partial charge on any atom is 0.131 e. The van der Waals surface area contributed by atoms with E-state index in [1.165, 1.54) is 6.07 Å². The van der Waals surface area contributed by atoms with Gasteiger partial charge < -0.3 is 15.5 Å². The zero-order valence-electron chi connectivity index (χ0n) is 11.7. The van der Waals surface area contributed by atoms with Crippen LogP contribution in [0.4, 0.5) is 4.39 Å². The fourth-order valence-electron chi connectivity index (χ4n) is 2.26. The molecule has 0 amide bonds. The molecule has 1 aromatic rings. The first-order valence-electron chi connectivity index (χ1n) is 6.91. The Kier molecular flexibility index (Phi) is 6.81. The topological polar surface area (TPSA) is 52.5 Å². The minimum Gasteiger partial charge on any atom is -0.508 e. The summed E-state index contributed by atoms with van der Waals surface area (Å²) in [6.07, 6.45) is 2.90. The van der Waals surface area contributed by atoms with Crippen molar-refractivity contribution in [2.24, 2.45) is 5.92 Å². The fraction of sp³-hybridized carbons (Fsp3) is 0.600. The highest BCUT2D eigenvalue weighted by molar-refractivity contribution is 5.29. The number of phenolic OH excluding ortho intramolecular Hbond substituents is 1. The lowest BCUT2D eigenvalue weighted by molar-refractivity contribution is 0.245. The van der Waals surface area contributed by atoms with Gasteiger partial charge in [-0.15, -0.1) is 0 Å². The fourth-order valence-corrected chi connectivity index (χ4v) is 2.26. The molecular weight excluding hydrogens is 245 g/mol. The van der Waals surface area contributed by atoms with Gasteiger partial charge in [-0.25, -0.2) is 4.39 Å². The normalized spacial score (nSPS) is 14.3. The average Bonchev–Trinajstić information content (AvgIpc) is 2.36. The van der Waals surface area contributed by atoms with E-state index in [0.29, 0.717) is 11.5 Å². The van der Waals surface area contributed by atoms with Crippen molar-refractivity contribution in [2.75, 3.05) is 13.2 Å². The van der Waals surface area contributed by atoms with Gasteiger partial charge in [-0.3, -0.25) is 0 Å². The number of benzene rings is 1. The van der Waals surface area contributed by atoms with Crippen LogP contribution in [0.1, 0.15) is 44.7 Å².